The molecule has 2 rings (SSSR count). The first-order chi connectivity index (χ1) is 4.29. The Morgan fingerprint density at radius 2 is 2.56 bits per heavy atom. The van der Waals surface area contributed by atoms with Crippen molar-refractivity contribution in [3.8, 4) is 0 Å². The normalized spacial score (nSPS) is 49.7. The number of nitrogens with one attached hydrogen (secondary N) is 1. The second-order valence-electron chi connectivity index (χ2n) is 2.93. The molecule has 0 aromatic rings. The van der Waals surface area contributed by atoms with Gasteiger partial charge in [-0.15, -0.1) is 0 Å². The molecular formula is C6H11NO2. The van der Waals surface area contributed by atoms with Crippen molar-refractivity contribution in [3.63, 3.8) is 0 Å². The lowest BCUT2D eigenvalue weighted by molar-refractivity contribution is -0.0881. The molecule has 0 spiro atoms. The van der Waals surface area contributed by atoms with Gasteiger partial charge < -0.3 is 9.84 Å². The Balaban J connectivity index is 2.13. The van der Waals surface area contributed by atoms with Crippen molar-refractivity contribution < 1.29 is 9.84 Å². The van der Waals surface area contributed by atoms with Gasteiger partial charge in [-0.1, -0.05) is 0 Å². The van der Waals surface area contributed by atoms with Gasteiger partial charge in [0.2, 0.25) is 0 Å². The van der Waals surface area contributed by atoms with Crippen LogP contribution in [0, 0.1) is 0 Å². The van der Waals surface area contributed by atoms with Crippen LogP contribution in [0.4, 0.5) is 0 Å². The second-order valence-corrected chi connectivity index (χ2v) is 2.93. The molecule has 3 nitrogen and oxygen atoms in total. The van der Waals surface area contributed by atoms with E-state index in [0.717, 1.165) is 19.4 Å². The minimum atomic E-state index is -0.678. The molecule has 52 valence electrons. The van der Waals surface area contributed by atoms with E-state index in [0.29, 0.717) is 12.6 Å². The lowest BCUT2D eigenvalue weighted by Crippen LogP contribution is -2.52. The maximum Gasteiger partial charge on any atom is 0.139 e. The van der Waals surface area contributed by atoms with Crippen LogP contribution in [0.15, 0.2) is 0 Å². The van der Waals surface area contributed by atoms with E-state index in [9.17, 15) is 5.11 Å². The average molecular weight is 129 g/mol. The second kappa shape index (κ2) is 1.68. The van der Waals surface area contributed by atoms with Gasteiger partial charge in [0, 0.05) is 6.04 Å². The summed E-state index contributed by atoms with van der Waals surface area (Å²) in [7, 11) is 0. The molecule has 0 radical (unpaired) electrons. The fourth-order valence-electron chi connectivity index (χ4n) is 1.55. The van der Waals surface area contributed by atoms with Crippen molar-refractivity contribution in [3.05, 3.63) is 0 Å². The number of hydrogen-bond acceptors (Lipinski definition) is 3. The highest BCUT2D eigenvalue weighted by Crippen LogP contribution is 2.25. The Bertz CT molecular complexity index is 124. The van der Waals surface area contributed by atoms with Crippen LogP contribution in [0.5, 0.6) is 0 Å². The molecule has 2 fully saturated rings. The molecule has 2 saturated heterocycles. The van der Waals surface area contributed by atoms with Crippen LogP contribution >= 0.6 is 0 Å². The fourth-order valence-corrected chi connectivity index (χ4v) is 1.55. The highest BCUT2D eigenvalue weighted by atomic mass is 16.5. The Labute approximate surface area is 54.0 Å². The minimum absolute atomic E-state index is 0.406. The number of ether oxygens (including phenoxy) is 1. The summed E-state index contributed by atoms with van der Waals surface area (Å²) in [6.45, 7) is 1.23. The first-order valence-electron chi connectivity index (χ1n) is 3.36. The number of morpholine rings is 1. The molecule has 2 aliphatic rings. The number of hydrogen-bond donors (Lipinski definition) is 2. The van der Waals surface area contributed by atoms with E-state index in [1.807, 2.05) is 0 Å². The van der Waals surface area contributed by atoms with E-state index < -0.39 is 5.72 Å². The van der Waals surface area contributed by atoms with Gasteiger partial charge in [0.05, 0.1) is 13.2 Å². The molecule has 2 bridgehead atoms. The number of aliphatic hydroxyl groups is 1. The third kappa shape index (κ3) is 0.852. The summed E-state index contributed by atoms with van der Waals surface area (Å²) in [5.41, 5.74) is -0.678. The summed E-state index contributed by atoms with van der Waals surface area (Å²) in [6, 6.07) is 0.406. The summed E-state index contributed by atoms with van der Waals surface area (Å²) in [4.78, 5) is 0. The zero-order chi connectivity index (χ0) is 6.32. The third-order valence-electron chi connectivity index (χ3n) is 2.04. The van der Waals surface area contributed by atoms with Crippen LogP contribution in [0.2, 0.25) is 0 Å². The van der Waals surface area contributed by atoms with Crippen LogP contribution in [-0.2, 0) is 4.74 Å². The van der Waals surface area contributed by atoms with Gasteiger partial charge in [0.1, 0.15) is 5.72 Å². The van der Waals surface area contributed by atoms with Crippen LogP contribution in [0.25, 0.3) is 0 Å². The predicted molar refractivity (Wildman–Crippen MR) is 31.9 cm³/mol. The average Bonchev–Trinajstić information content (AvgIpc) is 2.07. The molecule has 0 aromatic heterocycles. The molecule has 0 aliphatic carbocycles. The van der Waals surface area contributed by atoms with Gasteiger partial charge in [0.15, 0.2) is 0 Å². The molecule has 2 N–H and O–H groups in total. The monoisotopic (exact) mass is 129 g/mol. The summed E-state index contributed by atoms with van der Waals surface area (Å²) < 4.78 is 5.15. The predicted octanol–water partition coefficient (Wildman–Crippen LogP) is -0.543. The van der Waals surface area contributed by atoms with Crippen molar-refractivity contribution in [2.75, 3.05) is 13.2 Å². The van der Waals surface area contributed by atoms with E-state index in [1.54, 1.807) is 0 Å². The van der Waals surface area contributed by atoms with E-state index in [1.165, 1.54) is 0 Å². The van der Waals surface area contributed by atoms with Crippen molar-refractivity contribution in [2.45, 2.75) is 24.6 Å². The molecule has 2 unspecified atom stereocenters. The van der Waals surface area contributed by atoms with Crippen molar-refractivity contribution in [1.29, 1.82) is 0 Å². The highest BCUT2D eigenvalue weighted by Gasteiger charge is 2.40. The first kappa shape index (κ1) is 5.65. The maximum absolute atomic E-state index is 9.49. The zero-order valence-corrected chi connectivity index (χ0v) is 5.26. The van der Waals surface area contributed by atoms with Crippen LogP contribution < -0.4 is 5.32 Å². The van der Waals surface area contributed by atoms with Gasteiger partial charge in [-0.25, -0.2) is 0 Å². The molecule has 0 amide bonds. The lowest BCUT2D eigenvalue weighted by Gasteiger charge is -2.28. The summed E-state index contributed by atoms with van der Waals surface area (Å²) in [5.74, 6) is 0. The van der Waals surface area contributed by atoms with Gasteiger partial charge in [-0.3, -0.25) is 5.32 Å². The number of rotatable bonds is 0. The Morgan fingerprint density at radius 3 is 3.22 bits per heavy atom. The molecule has 0 aromatic carbocycles. The van der Waals surface area contributed by atoms with Gasteiger partial charge in [-0.2, -0.15) is 0 Å². The van der Waals surface area contributed by atoms with E-state index >= 15 is 0 Å². The fraction of sp³-hybridized carbons (Fsp3) is 1.00. The van der Waals surface area contributed by atoms with E-state index in [-0.39, 0.29) is 0 Å². The summed E-state index contributed by atoms with van der Waals surface area (Å²) >= 11 is 0. The van der Waals surface area contributed by atoms with Crippen LogP contribution in [0.3, 0.4) is 0 Å². The van der Waals surface area contributed by atoms with Crippen molar-refractivity contribution in [1.82, 2.24) is 5.32 Å². The van der Waals surface area contributed by atoms with E-state index in [2.05, 4.69) is 5.32 Å². The van der Waals surface area contributed by atoms with Gasteiger partial charge in [0.25, 0.3) is 0 Å². The quantitative estimate of drug-likeness (QED) is 0.461. The van der Waals surface area contributed by atoms with Gasteiger partial charge >= 0.3 is 0 Å². The molecule has 2 atom stereocenters. The van der Waals surface area contributed by atoms with E-state index in [4.69, 9.17) is 4.74 Å². The van der Waals surface area contributed by atoms with Crippen molar-refractivity contribution >= 4 is 0 Å². The lowest BCUT2D eigenvalue weighted by atomic mass is 10.2. The standard InChI is InChI=1S/C6H11NO2/c8-6-2-1-5(7-6)3-9-4-6/h5,7-8H,1-4H2. The Kier molecular flexibility index (Phi) is 1.06. The molecule has 3 heteroatoms. The highest BCUT2D eigenvalue weighted by molar-refractivity contribution is 4.92. The number of fused-ring (bicyclic) bond motifs is 2. The third-order valence-corrected chi connectivity index (χ3v) is 2.04. The minimum Gasteiger partial charge on any atom is -0.375 e. The largest absolute Gasteiger partial charge is 0.375 e. The maximum atomic E-state index is 9.49. The van der Waals surface area contributed by atoms with Crippen molar-refractivity contribution in [2.24, 2.45) is 0 Å². The molecule has 9 heavy (non-hydrogen) atoms. The molecule has 2 aliphatic heterocycles. The molecular weight excluding hydrogens is 118 g/mol. The first-order valence-corrected chi connectivity index (χ1v) is 3.36. The Morgan fingerprint density at radius 1 is 1.67 bits per heavy atom. The smallest absolute Gasteiger partial charge is 0.139 e. The topological polar surface area (TPSA) is 41.5 Å². The summed E-state index contributed by atoms with van der Waals surface area (Å²) in [6.07, 6.45) is 1.90. The Hall–Kier alpha value is -0.120. The molecule has 0 saturated carbocycles. The zero-order valence-electron chi connectivity index (χ0n) is 5.26. The van der Waals surface area contributed by atoms with Gasteiger partial charge in [-0.05, 0) is 12.8 Å². The summed E-state index contributed by atoms with van der Waals surface area (Å²) in [5, 5.41) is 12.6. The SMILES string of the molecule is OC12CCC(COC1)N2. The molecule has 2 heterocycles. The van der Waals surface area contributed by atoms with Crippen LogP contribution in [0.1, 0.15) is 12.8 Å². The van der Waals surface area contributed by atoms with Crippen LogP contribution in [-0.4, -0.2) is 30.1 Å².